The maximum Gasteiger partial charge on any atom is 0.238 e. The summed E-state index contributed by atoms with van der Waals surface area (Å²) < 4.78 is 5.77. The van der Waals surface area contributed by atoms with Crippen molar-refractivity contribution in [2.45, 2.75) is 0 Å². The van der Waals surface area contributed by atoms with E-state index in [1.165, 1.54) is 0 Å². The first-order valence-electron chi connectivity index (χ1n) is 9.63. The van der Waals surface area contributed by atoms with Crippen molar-refractivity contribution in [1.29, 1.82) is 0 Å². The molecule has 2 heterocycles. The number of amides is 1. The fourth-order valence-electron chi connectivity index (χ4n) is 3.20. The van der Waals surface area contributed by atoms with Crippen molar-refractivity contribution in [3.8, 4) is 11.5 Å². The lowest BCUT2D eigenvalue weighted by Gasteiger charge is -2.34. The van der Waals surface area contributed by atoms with Crippen molar-refractivity contribution in [3.63, 3.8) is 0 Å². The van der Waals surface area contributed by atoms with Crippen LogP contribution in [-0.4, -0.2) is 53.5 Å². The van der Waals surface area contributed by atoms with Gasteiger partial charge in [0.15, 0.2) is 0 Å². The number of hydrogen-bond donors (Lipinski definition) is 1. The normalized spacial score (nSPS) is 13.9. The molecule has 0 bridgehead atoms. The van der Waals surface area contributed by atoms with Crippen LogP contribution in [0.1, 0.15) is 0 Å². The summed E-state index contributed by atoms with van der Waals surface area (Å²) >= 11 is 0. The molecule has 7 nitrogen and oxygen atoms in total. The highest BCUT2D eigenvalue weighted by Crippen LogP contribution is 2.22. The largest absolute Gasteiger partial charge is 0.457 e. The van der Waals surface area contributed by atoms with Crippen LogP contribution in [0.2, 0.25) is 0 Å². The van der Waals surface area contributed by atoms with Crippen LogP contribution >= 0.6 is 12.4 Å². The Morgan fingerprint density at radius 2 is 1.50 bits per heavy atom. The molecule has 0 spiro atoms. The monoisotopic (exact) mass is 425 g/mol. The summed E-state index contributed by atoms with van der Waals surface area (Å²) in [5.74, 6) is 2.23. The molecule has 30 heavy (non-hydrogen) atoms. The van der Waals surface area contributed by atoms with Crippen molar-refractivity contribution < 1.29 is 9.53 Å². The van der Waals surface area contributed by atoms with Crippen molar-refractivity contribution >= 4 is 29.9 Å². The number of halogens is 1. The summed E-state index contributed by atoms with van der Waals surface area (Å²) in [5.41, 5.74) is 0.756. The van der Waals surface area contributed by atoms with E-state index in [4.69, 9.17) is 4.74 Å². The van der Waals surface area contributed by atoms with Crippen LogP contribution in [-0.2, 0) is 4.79 Å². The van der Waals surface area contributed by atoms with Crippen molar-refractivity contribution in [2.24, 2.45) is 0 Å². The quantitative estimate of drug-likeness (QED) is 0.652. The zero-order valence-electron chi connectivity index (χ0n) is 16.5. The molecule has 8 heteroatoms. The third kappa shape index (κ3) is 5.92. The van der Waals surface area contributed by atoms with E-state index < -0.39 is 0 Å². The van der Waals surface area contributed by atoms with Crippen LogP contribution in [0.25, 0.3) is 0 Å². The molecule has 0 aliphatic carbocycles. The second kappa shape index (κ2) is 10.6. The van der Waals surface area contributed by atoms with Gasteiger partial charge in [0.1, 0.15) is 11.5 Å². The summed E-state index contributed by atoms with van der Waals surface area (Å²) in [6, 6.07) is 18.8. The average molecular weight is 426 g/mol. The predicted octanol–water partition coefficient (Wildman–Crippen LogP) is 3.45. The van der Waals surface area contributed by atoms with E-state index >= 15 is 0 Å². The number of carbonyl (C=O) groups excluding carboxylic acids is 1. The Labute approximate surface area is 182 Å². The molecule has 1 aliphatic heterocycles. The molecule has 0 saturated carbocycles. The summed E-state index contributed by atoms with van der Waals surface area (Å²) in [5, 5.41) is 2.95. The second-order valence-electron chi connectivity index (χ2n) is 6.80. The van der Waals surface area contributed by atoms with Gasteiger partial charge in [0.05, 0.1) is 6.54 Å². The van der Waals surface area contributed by atoms with E-state index in [2.05, 4.69) is 25.1 Å². The number of para-hydroxylation sites is 1. The molecule has 1 aliphatic rings. The summed E-state index contributed by atoms with van der Waals surface area (Å²) in [6.07, 6.45) is 3.50. The number of nitrogens with zero attached hydrogens (tertiary/aromatic N) is 4. The van der Waals surface area contributed by atoms with E-state index in [9.17, 15) is 4.79 Å². The van der Waals surface area contributed by atoms with Crippen LogP contribution in [0.4, 0.5) is 11.6 Å². The summed E-state index contributed by atoms with van der Waals surface area (Å²) in [7, 11) is 0. The maximum absolute atomic E-state index is 12.4. The standard InChI is InChI=1S/C22H23N5O2.ClH/c28-21(17-26-13-15-27(16-14-26)22-23-11-4-12-24-22)25-18-7-9-20(10-8-18)29-19-5-2-1-3-6-19;/h1-12H,13-17H2,(H,25,28);1H. The number of hydrogen-bond acceptors (Lipinski definition) is 6. The highest BCUT2D eigenvalue weighted by Gasteiger charge is 2.20. The zero-order chi connectivity index (χ0) is 19.9. The van der Waals surface area contributed by atoms with Gasteiger partial charge in [-0.3, -0.25) is 9.69 Å². The highest BCUT2D eigenvalue weighted by molar-refractivity contribution is 5.92. The fourth-order valence-corrected chi connectivity index (χ4v) is 3.20. The molecule has 0 atom stereocenters. The van der Waals surface area contributed by atoms with E-state index in [-0.39, 0.29) is 18.3 Å². The number of nitrogens with one attached hydrogen (secondary N) is 1. The van der Waals surface area contributed by atoms with Gasteiger partial charge in [-0.05, 0) is 42.5 Å². The van der Waals surface area contributed by atoms with Crippen molar-refractivity contribution in [2.75, 3.05) is 42.9 Å². The SMILES string of the molecule is Cl.O=C(CN1CCN(c2ncccn2)CC1)Nc1ccc(Oc2ccccc2)cc1. The first-order valence-corrected chi connectivity index (χ1v) is 9.63. The number of rotatable bonds is 6. The van der Waals surface area contributed by atoms with E-state index in [1.54, 1.807) is 12.4 Å². The fraction of sp³-hybridized carbons (Fsp3) is 0.227. The van der Waals surface area contributed by atoms with Gasteiger partial charge in [0.2, 0.25) is 11.9 Å². The Morgan fingerprint density at radius 3 is 2.17 bits per heavy atom. The zero-order valence-corrected chi connectivity index (χ0v) is 17.3. The topological polar surface area (TPSA) is 70.6 Å². The molecule has 2 aromatic carbocycles. The van der Waals surface area contributed by atoms with Gasteiger partial charge in [0.25, 0.3) is 0 Å². The van der Waals surface area contributed by atoms with Crippen LogP contribution in [0.3, 0.4) is 0 Å². The molecule has 1 aromatic heterocycles. The van der Waals surface area contributed by atoms with Crippen molar-refractivity contribution in [3.05, 3.63) is 73.1 Å². The lowest BCUT2D eigenvalue weighted by atomic mass is 10.3. The van der Waals surface area contributed by atoms with Gasteiger partial charge in [-0.15, -0.1) is 12.4 Å². The molecule has 3 aromatic rings. The number of piperazine rings is 1. The molecule has 1 fully saturated rings. The Hall–Kier alpha value is -3.16. The Balaban J connectivity index is 0.00000256. The van der Waals surface area contributed by atoms with E-state index in [0.29, 0.717) is 6.54 Å². The minimum Gasteiger partial charge on any atom is -0.457 e. The van der Waals surface area contributed by atoms with Gasteiger partial charge in [-0.2, -0.15) is 0 Å². The van der Waals surface area contributed by atoms with Gasteiger partial charge in [-0.25, -0.2) is 9.97 Å². The van der Waals surface area contributed by atoms with Crippen LogP contribution in [0.5, 0.6) is 11.5 Å². The second-order valence-corrected chi connectivity index (χ2v) is 6.80. The minimum atomic E-state index is -0.0221. The minimum absolute atomic E-state index is 0. The van der Waals surface area contributed by atoms with Crippen LogP contribution in [0.15, 0.2) is 73.1 Å². The molecule has 156 valence electrons. The molecule has 1 N–H and O–H groups in total. The Morgan fingerprint density at radius 1 is 0.867 bits per heavy atom. The average Bonchev–Trinajstić information content (AvgIpc) is 2.77. The lowest BCUT2D eigenvalue weighted by Crippen LogP contribution is -2.49. The molecule has 1 amide bonds. The number of ether oxygens (including phenoxy) is 1. The number of carbonyl (C=O) groups is 1. The third-order valence-corrected chi connectivity index (χ3v) is 4.69. The van der Waals surface area contributed by atoms with Gasteiger partial charge in [0, 0.05) is 44.3 Å². The van der Waals surface area contributed by atoms with Gasteiger partial charge in [-0.1, -0.05) is 18.2 Å². The predicted molar refractivity (Wildman–Crippen MR) is 120 cm³/mol. The molecule has 1 saturated heterocycles. The highest BCUT2D eigenvalue weighted by atomic mass is 35.5. The Bertz CT molecular complexity index is 917. The van der Waals surface area contributed by atoms with E-state index in [1.807, 2.05) is 60.7 Å². The number of aromatic nitrogens is 2. The lowest BCUT2D eigenvalue weighted by molar-refractivity contribution is -0.117. The molecule has 0 unspecified atom stereocenters. The van der Waals surface area contributed by atoms with E-state index in [0.717, 1.165) is 49.3 Å². The first-order chi connectivity index (χ1) is 14.3. The molecular formula is C22H24ClN5O2. The third-order valence-electron chi connectivity index (χ3n) is 4.69. The maximum atomic E-state index is 12.4. The summed E-state index contributed by atoms with van der Waals surface area (Å²) in [4.78, 5) is 25.2. The molecule has 0 radical (unpaired) electrons. The molecular weight excluding hydrogens is 402 g/mol. The number of anilines is 2. The Kier molecular flexibility index (Phi) is 7.59. The van der Waals surface area contributed by atoms with Gasteiger partial charge < -0.3 is 15.0 Å². The van der Waals surface area contributed by atoms with Gasteiger partial charge >= 0.3 is 0 Å². The summed E-state index contributed by atoms with van der Waals surface area (Å²) in [6.45, 7) is 3.59. The number of benzene rings is 2. The van der Waals surface area contributed by atoms with Crippen LogP contribution < -0.4 is 15.0 Å². The smallest absolute Gasteiger partial charge is 0.238 e. The molecule has 4 rings (SSSR count). The first kappa shape index (κ1) is 21.5. The van der Waals surface area contributed by atoms with Crippen LogP contribution in [0, 0.1) is 0 Å². The van der Waals surface area contributed by atoms with Crippen molar-refractivity contribution in [1.82, 2.24) is 14.9 Å².